The normalized spacial score (nSPS) is 15.0. The lowest BCUT2D eigenvalue weighted by atomic mass is 9.89. The van der Waals surface area contributed by atoms with Crippen molar-refractivity contribution in [3.63, 3.8) is 0 Å². The number of carbonyl (C=O) groups is 5. The van der Waals surface area contributed by atoms with Gasteiger partial charge in [0, 0.05) is 18.9 Å². The molecule has 1 rings (SSSR count). The van der Waals surface area contributed by atoms with E-state index in [4.69, 9.17) is 4.74 Å². The Balaban J connectivity index is 0.0000143. The molecule has 0 aliphatic rings. The minimum atomic E-state index is -3.37. The fraction of sp³-hybridized carbons (Fsp3) is 0.718. The minimum Gasteiger partial charge on any atom is -0.444 e. The Morgan fingerprint density at radius 3 is 1.82 bits per heavy atom. The number of ether oxygens (including phenoxy) is 1. The summed E-state index contributed by atoms with van der Waals surface area (Å²) in [5.74, 6) is -4.71. The Morgan fingerprint density at radius 1 is 0.800 bits per heavy atom. The molecule has 55 heavy (non-hydrogen) atoms. The molecule has 0 bridgehead atoms. The summed E-state index contributed by atoms with van der Waals surface area (Å²) in [7, 11) is 1.40. The van der Waals surface area contributed by atoms with E-state index in [1.165, 1.54) is 9.24 Å². The summed E-state index contributed by atoms with van der Waals surface area (Å²) in [6, 6.07) is 4.94. The molecule has 0 radical (unpaired) electrons. The Kier molecular flexibility index (Phi) is 23.9. The number of rotatable bonds is 21. The van der Waals surface area contributed by atoms with Crippen LogP contribution in [0.15, 0.2) is 30.3 Å². The second-order valence-electron chi connectivity index (χ2n) is 15.6. The van der Waals surface area contributed by atoms with Gasteiger partial charge in [0.1, 0.15) is 23.7 Å². The topological polar surface area (TPSA) is 175 Å². The van der Waals surface area contributed by atoms with Gasteiger partial charge in [0.25, 0.3) is 5.66 Å². The first kappa shape index (κ1) is 52.0. The van der Waals surface area contributed by atoms with Crippen molar-refractivity contribution < 1.29 is 42.6 Å². The summed E-state index contributed by atoms with van der Waals surface area (Å²) in [6.45, 7) is 19.8. The van der Waals surface area contributed by atoms with E-state index in [1.54, 1.807) is 48.5 Å². The quantitative estimate of drug-likeness (QED) is 0.0627. The van der Waals surface area contributed by atoms with Crippen molar-refractivity contribution in [1.82, 2.24) is 26.6 Å². The smallest absolute Gasteiger partial charge is 0.408 e. The zero-order chi connectivity index (χ0) is 42.7. The molecule has 316 valence electrons. The Hall–Kier alpha value is -3.03. The Morgan fingerprint density at radius 2 is 1.35 bits per heavy atom. The third kappa shape index (κ3) is 21.7. The highest BCUT2D eigenvalue weighted by molar-refractivity contribution is 7.80. The Bertz CT molecular complexity index is 1330. The fourth-order valence-corrected chi connectivity index (χ4v) is 6.04. The molecule has 1 unspecified atom stereocenters. The summed E-state index contributed by atoms with van der Waals surface area (Å²) >= 11 is 4.24. The van der Waals surface area contributed by atoms with Gasteiger partial charge in [0.15, 0.2) is 0 Å². The maximum Gasteiger partial charge on any atom is 0.408 e. The van der Waals surface area contributed by atoms with Crippen molar-refractivity contribution in [2.45, 2.75) is 150 Å². The van der Waals surface area contributed by atoms with Gasteiger partial charge in [-0.15, -0.1) is 0 Å². The number of alkyl halides is 2. The lowest BCUT2D eigenvalue weighted by molar-refractivity contribution is -0.134. The monoisotopic (exact) mass is 819 g/mol. The van der Waals surface area contributed by atoms with Crippen LogP contribution in [-0.4, -0.2) is 82.1 Å². The number of halogens is 2. The molecule has 1 aromatic rings. The van der Waals surface area contributed by atoms with Gasteiger partial charge in [-0.2, -0.15) is 12.6 Å². The molecule has 12 nitrogen and oxygen atoms in total. The number of thiol groups is 1. The highest BCUT2D eigenvalue weighted by Gasteiger charge is 2.38. The van der Waals surface area contributed by atoms with E-state index in [-0.39, 0.29) is 37.0 Å². The van der Waals surface area contributed by atoms with Gasteiger partial charge < -0.3 is 36.4 Å². The number of alkyl carbamates (subject to hydrolysis) is 1. The number of hydrogen-bond acceptors (Lipinski definition) is 8. The molecule has 0 heterocycles. The number of aliphatic hydroxyl groups is 1. The van der Waals surface area contributed by atoms with Crippen molar-refractivity contribution in [3.8, 4) is 0 Å². The first-order valence-corrected chi connectivity index (χ1v) is 20.3. The van der Waals surface area contributed by atoms with E-state index in [2.05, 4.69) is 39.2 Å². The van der Waals surface area contributed by atoms with Crippen molar-refractivity contribution >= 4 is 51.6 Å². The van der Waals surface area contributed by atoms with Crippen LogP contribution in [0.25, 0.3) is 0 Å². The molecule has 0 spiro atoms. The maximum absolute atomic E-state index is 14.4. The standard InChI is InChI=1S/C37H62F2N5O7PS.C2H6/c1-21(2)17-27(42-32(47)26(15-16-53)41-34(49)30(23(5)6)44-35(50)51-36(7,8)9)28(45)18-25(19-37(38,39)52)31(46)43-29(22(3)4)33(48)40-20-24-13-11-10-12-14-24;1-2/h10-14,21-23,25-30,45,53H,15-20,52H2,1-9H3,(H,40,48)(H,41,49)(H,42,47)(H,43,46)(H,44,50);1-2H3/t25-,26-,27-,28-,29-,30-;/m0./s1. The van der Waals surface area contributed by atoms with Gasteiger partial charge >= 0.3 is 6.09 Å². The number of hydrogen-bond donors (Lipinski definition) is 7. The van der Waals surface area contributed by atoms with Crippen molar-refractivity contribution in [3.05, 3.63) is 35.9 Å². The molecule has 5 amide bonds. The van der Waals surface area contributed by atoms with Gasteiger partial charge in [0.2, 0.25) is 23.6 Å². The summed E-state index contributed by atoms with van der Waals surface area (Å²) in [4.78, 5) is 66.1. The number of benzene rings is 1. The second kappa shape index (κ2) is 25.3. The van der Waals surface area contributed by atoms with E-state index in [0.717, 1.165) is 5.56 Å². The molecule has 0 aromatic heterocycles. The van der Waals surface area contributed by atoms with Gasteiger partial charge in [-0.3, -0.25) is 19.2 Å². The molecular weight excluding hydrogens is 751 g/mol. The van der Waals surface area contributed by atoms with Crippen LogP contribution in [0.1, 0.15) is 107 Å². The Labute approximate surface area is 335 Å². The zero-order valence-corrected chi connectivity index (χ0v) is 36.6. The summed E-state index contributed by atoms with van der Waals surface area (Å²) in [6.07, 6.45) is -3.36. The van der Waals surface area contributed by atoms with E-state index in [1.807, 2.05) is 58.0 Å². The largest absolute Gasteiger partial charge is 0.444 e. The van der Waals surface area contributed by atoms with E-state index >= 15 is 0 Å². The predicted molar refractivity (Wildman–Crippen MR) is 220 cm³/mol. The minimum absolute atomic E-state index is 0.0784. The summed E-state index contributed by atoms with van der Waals surface area (Å²) in [5.41, 5.74) is -3.34. The molecule has 6 N–H and O–H groups in total. The highest BCUT2D eigenvalue weighted by atomic mass is 32.1. The van der Waals surface area contributed by atoms with Crippen LogP contribution in [0.2, 0.25) is 0 Å². The first-order valence-electron chi connectivity index (χ1n) is 19.1. The third-order valence-electron chi connectivity index (χ3n) is 8.16. The van der Waals surface area contributed by atoms with Gasteiger partial charge in [-0.05, 0) is 69.1 Å². The average molecular weight is 820 g/mol. The van der Waals surface area contributed by atoms with Crippen LogP contribution in [0.5, 0.6) is 0 Å². The van der Waals surface area contributed by atoms with Crippen LogP contribution < -0.4 is 26.6 Å². The summed E-state index contributed by atoms with van der Waals surface area (Å²) < 4.78 is 34.2. The molecule has 0 fully saturated rings. The van der Waals surface area contributed by atoms with Crippen LogP contribution >= 0.6 is 21.9 Å². The average Bonchev–Trinajstić information content (AvgIpc) is 3.06. The summed E-state index contributed by atoms with van der Waals surface area (Å²) in [5, 5.41) is 24.8. The van der Waals surface area contributed by atoms with E-state index < -0.39 is 95.9 Å². The number of carbonyl (C=O) groups excluding carboxylic acids is 5. The molecular formula is C39H68F2N5O7PS. The zero-order valence-electron chi connectivity index (χ0n) is 34.5. The first-order chi connectivity index (χ1) is 25.4. The van der Waals surface area contributed by atoms with Crippen molar-refractivity contribution in [1.29, 1.82) is 0 Å². The molecule has 7 atom stereocenters. The third-order valence-corrected chi connectivity index (χ3v) is 8.66. The molecule has 0 aliphatic heterocycles. The van der Waals surface area contributed by atoms with Gasteiger partial charge in [-0.25, -0.2) is 13.6 Å². The van der Waals surface area contributed by atoms with Crippen LogP contribution in [-0.2, 0) is 30.5 Å². The van der Waals surface area contributed by atoms with E-state index in [9.17, 15) is 37.9 Å². The molecule has 1 aromatic carbocycles. The van der Waals surface area contributed by atoms with Crippen LogP contribution in [0.3, 0.4) is 0 Å². The SMILES string of the molecule is CC.CC(C)C[C@H](NC(=O)[C@H](CCS)NC(=O)[C@@H](NC(=O)OC(C)(C)C)C(C)C)[C@@H](O)C[C@@H](CC(F)(F)P)C(=O)N[C@H](C(=O)NCc1ccccc1)C(C)C. The van der Waals surface area contributed by atoms with Crippen molar-refractivity contribution in [2.75, 3.05) is 5.75 Å². The molecule has 0 saturated heterocycles. The lowest BCUT2D eigenvalue weighted by Crippen LogP contribution is -2.58. The van der Waals surface area contributed by atoms with Gasteiger partial charge in [0.05, 0.1) is 12.1 Å². The van der Waals surface area contributed by atoms with Crippen molar-refractivity contribution in [2.24, 2.45) is 23.7 Å². The van der Waals surface area contributed by atoms with Crippen LogP contribution in [0, 0.1) is 23.7 Å². The molecule has 0 aliphatic carbocycles. The molecule has 0 saturated carbocycles. The highest BCUT2D eigenvalue weighted by Crippen LogP contribution is 2.33. The maximum atomic E-state index is 14.4. The fourth-order valence-electron chi connectivity index (χ4n) is 5.50. The predicted octanol–water partition coefficient (Wildman–Crippen LogP) is 5.58. The number of nitrogens with one attached hydrogen (secondary N) is 5. The van der Waals surface area contributed by atoms with E-state index in [0.29, 0.717) is 0 Å². The second-order valence-corrected chi connectivity index (χ2v) is 16.9. The lowest BCUT2D eigenvalue weighted by Gasteiger charge is -2.32. The molecule has 16 heteroatoms. The number of amides is 5. The van der Waals surface area contributed by atoms with Crippen LogP contribution in [0.4, 0.5) is 13.6 Å². The van der Waals surface area contributed by atoms with Gasteiger partial charge in [-0.1, -0.05) is 95.0 Å². The number of aliphatic hydroxyl groups excluding tert-OH is 1.